The molecule has 0 fully saturated rings. The summed E-state index contributed by atoms with van der Waals surface area (Å²) in [4.78, 5) is 1.84. The van der Waals surface area contributed by atoms with Crippen LogP contribution in [0.2, 0.25) is 0 Å². The molecule has 8 heteroatoms. The Labute approximate surface area is 151 Å². The van der Waals surface area contributed by atoms with Crippen molar-refractivity contribution in [2.45, 2.75) is 11.9 Å². The monoisotopic (exact) mass is 386 g/mol. The molecule has 0 heterocycles. The Morgan fingerprint density at radius 1 is 0.923 bits per heavy atom. The molecule has 2 aromatic rings. The highest BCUT2D eigenvalue weighted by atomic mass is 32.2. The van der Waals surface area contributed by atoms with E-state index >= 15 is 0 Å². The Morgan fingerprint density at radius 2 is 1.58 bits per heavy atom. The Balaban J connectivity index is 2.32. The molecule has 0 saturated heterocycles. The maximum atomic E-state index is 12.9. The molecule has 0 unspecified atom stereocenters. The second kappa shape index (κ2) is 8.09. The zero-order valence-corrected chi connectivity index (χ0v) is 15.4. The van der Waals surface area contributed by atoms with Gasteiger partial charge in [0.15, 0.2) is 0 Å². The summed E-state index contributed by atoms with van der Waals surface area (Å²) in [6, 6.07) is 13.0. The van der Waals surface area contributed by atoms with E-state index in [1.807, 2.05) is 19.0 Å². The highest BCUT2D eigenvalue weighted by Crippen LogP contribution is 2.30. The standard InChI is InChI=1S/C18H21F3N2O2S/c1-22(2)11-12-23(17-9-4-3-5-10-17)26(24,25)14-15-7-6-8-16(13-15)18(19,20)21/h3-10,13H,11-12,14H2,1-2H3. The van der Waals surface area contributed by atoms with Gasteiger partial charge in [0, 0.05) is 13.1 Å². The molecule has 0 aliphatic heterocycles. The normalized spacial score (nSPS) is 12.4. The molecule has 0 bridgehead atoms. The predicted molar refractivity (Wildman–Crippen MR) is 96.4 cm³/mol. The zero-order chi connectivity index (χ0) is 19.4. The van der Waals surface area contributed by atoms with Crippen LogP contribution in [0.4, 0.5) is 18.9 Å². The number of sulfonamides is 1. The van der Waals surface area contributed by atoms with Crippen LogP contribution in [-0.2, 0) is 22.0 Å². The van der Waals surface area contributed by atoms with Crippen LogP contribution in [0.3, 0.4) is 0 Å². The third-order valence-corrected chi connectivity index (χ3v) is 5.50. The van der Waals surface area contributed by atoms with Crippen molar-refractivity contribution in [2.24, 2.45) is 0 Å². The minimum absolute atomic E-state index is 0.102. The highest BCUT2D eigenvalue weighted by Gasteiger charge is 2.31. The fraction of sp³-hybridized carbons (Fsp3) is 0.333. The highest BCUT2D eigenvalue weighted by molar-refractivity contribution is 7.92. The first kappa shape index (κ1) is 20.3. The number of hydrogen-bond acceptors (Lipinski definition) is 3. The summed E-state index contributed by atoms with van der Waals surface area (Å²) in [7, 11) is -0.203. The van der Waals surface area contributed by atoms with E-state index in [9.17, 15) is 21.6 Å². The Kier molecular flexibility index (Phi) is 6.30. The second-order valence-corrected chi connectivity index (χ2v) is 8.06. The van der Waals surface area contributed by atoms with Gasteiger partial charge >= 0.3 is 6.18 Å². The van der Waals surface area contributed by atoms with Crippen molar-refractivity contribution >= 4 is 15.7 Å². The van der Waals surface area contributed by atoms with Gasteiger partial charge in [0.2, 0.25) is 10.0 Å². The fourth-order valence-electron chi connectivity index (χ4n) is 2.44. The molecule has 142 valence electrons. The first-order valence-corrected chi connectivity index (χ1v) is 9.57. The Bertz CT molecular complexity index is 822. The molecule has 0 spiro atoms. The summed E-state index contributed by atoms with van der Waals surface area (Å²) in [5.41, 5.74) is -0.267. The molecule has 0 radical (unpaired) electrons. The summed E-state index contributed by atoms with van der Waals surface area (Å²) in [6.07, 6.45) is -4.51. The van der Waals surface area contributed by atoms with E-state index in [4.69, 9.17) is 0 Å². The van der Waals surface area contributed by atoms with Crippen molar-refractivity contribution in [1.29, 1.82) is 0 Å². The average Bonchev–Trinajstić information content (AvgIpc) is 2.54. The maximum Gasteiger partial charge on any atom is 0.416 e. The van der Waals surface area contributed by atoms with Crippen LogP contribution in [0.5, 0.6) is 0 Å². The SMILES string of the molecule is CN(C)CCN(c1ccccc1)S(=O)(=O)Cc1cccc(C(F)(F)F)c1. The van der Waals surface area contributed by atoms with Crippen LogP contribution < -0.4 is 4.31 Å². The lowest BCUT2D eigenvalue weighted by Gasteiger charge is -2.26. The lowest BCUT2D eigenvalue weighted by molar-refractivity contribution is -0.137. The summed E-state index contributed by atoms with van der Waals surface area (Å²) in [5, 5.41) is 0. The number of alkyl halides is 3. The van der Waals surface area contributed by atoms with Gasteiger partial charge in [-0.05, 0) is 37.9 Å². The lowest BCUT2D eigenvalue weighted by atomic mass is 10.1. The molecule has 0 aromatic heterocycles. The van der Waals surface area contributed by atoms with E-state index in [1.54, 1.807) is 30.3 Å². The first-order valence-electron chi connectivity index (χ1n) is 7.96. The van der Waals surface area contributed by atoms with Crippen LogP contribution in [0.25, 0.3) is 0 Å². The van der Waals surface area contributed by atoms with Crippen molar-refractivity contribution in [2.75, 3.05) is 31.5 Å². The number of benzene rings is 2. The average molecular weight is 386 g/mol. The van der Waals surface area contributed by atoms with Gasteiger partial charge < -0.3 is 4.90 Å². The first-order chi connectivity index (χ1) is 12.1. The molecule has 2 aromatic carbocycles. The molecular formula is C18H21F3N2O2S. The minimum Gasteiger partial charge on any atom is -0.308 e. The lowest BCUT2D eigenvalue weighted by Crippen LogP contribution is -2.37. The van der Waals surface area contributed by atoms with E-state index in [2.05, 4.69) is 0 Å². The number of hydrogen-bond donors (Lipinski definition) is 0. The van der Waals surface area contributed by atoms with E-state index in [0.29, 0.717) is 12.2 Å². The van der Waals surface area contributed by atoms with Crippen LogP contribution in [0.1, 0.15) is 11.1 Å². The molecule has 0 saturated carbocycles. The maximum absolute atomic E-state index is 12.9. The van der Waals surface area contributed by atoms with Gasteiger partial charge in [-0.2, -0.15) is 13.2 Å². The van der Waals surface area contributed by atoms with Crippen LogP contribution in [0, 0.1) is 0 Å². The van der Waals surface area contributed by atoms with Gasteiger partial charge in [-0.25, -0.2) is 8.42 Å². The molecule has 0 aliphatic carbocycles. The molecule has 0 amide bonds. The Morgan fingerprint density at radius 3 is 2.15 bits per heavy atom. The smallest absolute Gasteiger partial charge is 0.308 e. The number of rotatable bonds is 7. The van der Waals surface area contributed by atoms with Crippen molar-refractivity contribution in [3.63, 3.8) is 0 Å². The molecule has 0 aliphatic rings. The predicted octanol–water partition coefficient (Wildman–Crippen LogP) is 3.60. The quantitative estimate of drug-likeness (QED) is 0.730. The third-order valence-electron chi connectivity index (χ3n) is 3.73. The molecule has 4 nitrogen and oxygen atoms in total. The number of likely N-dealkylation sites (N-methyl/N-ethyl adjacent to an activating group) is 1. The van der Waals surface area contributed by atoms with E-state index in [0.717, 1.165) is 12.1 Å². The molecule has 0 atom stereocenters. The van der Waals surface area contributed by atoms with Gasteiger partial charge in [0.25, 0.3) is 0 Å². The van der Waals surface area contributed by atoms with Gasteiger partial charge in [-0.3, -0.25) is 4.31 Å². The van der Waals surface area contributed by atoms with Crippen LogP contribution >= 0.6 is 0 Å². The van der Waals surface area contributed by atoms with Crippen molar-refractivity contribution in [3.05, 3.63) is 65.7 Å². The second-order valence-electron chi connectivity index (χ2n) is 6.17. The molecule has 26 heavy (non-hydrogen) atoms. The molecular weight excluding hydrogens is 365 g/mol. The van der Waals surface area contributed by atoms with E-state index in [1.165, 1.54) is 16.4 Å². The number of halogens is 3. The minimum atomic E-state index is -4.51. The fourth-order valence-corrected chi connectivity index (χ4v) is 4.00. The topological polar surface area (TPSA) is 40.6 Å². The largest absolute Gasteiger partial charge is 0.416 e. The molecule has 0 N–H and O–H groups in total. The van der Waals surface area contributed by atoms with Crippen molar-refractivity contribution < 1.29 is 21.6 Å². The van der Waals surface area contributed by atoms with Gasteiger partial charge in [-0.1, -0.05) is 36.4 Å². The Hall–Kier alpha value is -2.06. The summed E-state index contributed by atoms with van der Waals surface area (Å²) in [5.74, 6) is -0.501. The van der Waals surface area contributed by atoms with Crippen molar-refractivity contribution in [1.82, 2.24) is 4.90 Å². The molecule has 2 rings (SSSR count). The summed E-state index contributed by atoms with van der Waals surface area (Å²) >= 11 is 0. The van der Waals surface area contributed by atoms with Gasteiger partial charge in [0.05, 0.1) is 17.0 Å². The summed E-state index contributed by atoms with van der Waals surface area (Å²) in [6.45, 7) is 0.690. The van der Waals surface area contributed by atoms with Crippen LogP contribution in [0.15, 0.2) is 54.6 Å². The number of para-hydroxylation sites is 1. The van der Waals surface area contributed by atoms with Gasteiger partial charge in [-0.15, -0.1) is 0 Å². The van der Waals surface area contributed by atoms with Crippen LogP contribution in [-0.4, -0.2) is 40.5 Å². The number of anilines is 1. The van der Waals surface area contributed by atoms with Crippen molar-refractivity contribution in [3.8, 4) is 0 Å². The van der Waals surface area contributed by atoms with E-state index in [-0.39, 0.29) is 12.1 Å². The third kappa shape index (κ3) is 5.47. The summed E-state index contributed by atoms with van der Waals surface area (Å²) < 4.78 is 65.6. The van der Waals surface area contributed by atoms with E-state index < -0.39 is 27.5 Å². The van der Waals surface area contributed by atoms with Gasteiger partial charge in [0.1, 0.15) is 0 Å². The number of nitrogens with zero attached hydrogens (tertiary/aromatic N) is 2. The zero-order valence-electron chi connectivity index (χ0n) is 14.6.